The molecule has 148 valence electrons. The van der Waals surface area contributed by atoms with Gasteiger partial charge in [-0.05, 0) is 37.3 Å². The van der Waals surface area contributed by atoms with Crippen LogP contribution in [0.2, 0.25) is 0 Å². The molecule has 2 amide bonds. The van der Waals surface area contributed by atoms with Crippen LogP contribution in [-0.2, 0) is 15.8 Å². The van der Waals surface area contributed by atoms with Crippen molar-refractivity contribution in [3.63, 3.8) is 0 Å². The Kier molecular flexibility index (Phi) is 7.14. The Morgan fingerprint density at radius 1 is 1.11 bits per heavy atom. The van der Waals surface area contributed by atoms with Crippen molar-refractivity contribution >= 4 is 23.7 Å². The topological polar surface area (TPSA) is 79.8 Å². The quantitative estimate of drug-likeness (QED) is 0.429. The molecule has 0 aliphatic rings. The van der Waals surface area contributed by atoms with Crippen molar-refractivity contribution in [3.8, 4) is 5.75 Å². The summed E-state index contributed by atoms with van der Waals surface area (Å²) in [5.74, 6) is -0.887. The Hall–Kier alpha value is -3.36. The van der Waals surface area contributed by atoms with Crippen molar-refractivity contribution in [2.24, 2.45) is 5.10 Å². The molecule has 0 atom stereocenters. The first kappa shape index (κ1) is 20.9. The van der Waals surface area contributed by atoms with E-state index >= 15 is 0 Å². The molecular formula is C19H18F3N3O3. The monoisotopic (exact) mass is 393 g/mol. The molecule has 2 N–H and O–H groups in total. The van der Waals surface area contributed by atoms with Gasteiger partial charge in [-0.25, -0.2) is 5.43 Å². The van der Waals surface area contributed by atoms with E-state index in [1.54, 1.807) is 24.3 Å². The zero-order chi connectivity index (χ0) is 20.6. The first-order valence-electron chi connectivity index (χ1n) is 8.30. The number of alkyl halides is 3. The van der Waals surface area contributed by atoms with Crippen molar-refractivity contribution in [3.05, 3.63) is 59.7 Å². The highest BCUT2D eigenvalue weighted by molar-refractivity contribution is 6.03. The fourth-order valence-corrected chi connectivity index (χ4v) is 2.21. The number of carbonyl (C=O) groups excluding carboxylic acids is 2. The van der Waals surface area contributed by atoms with E-state index in [0.717, 1.165) is 12.1 Å². The molecule has 0 aliphatic carbocycles. The second kappa shape index (κ2) is 9.54. The molecule has 9 heteroatoms. The first-order chi connectivity index (χ1) is 13.3. The van der Waals surface area contributed by atoms with Crippen molar-refractivity contribution in [2.45, 2.75) is 19.5 Å². The van der Waals surface area contributed by atoms with Crippen LogP contribution in [0.25, 0.3) is 0 Å². The van der Waals surface area contributed by atoms with E-state index in [2.05, 4.69) is 15.8 Å². The summed E-state index contributed by atoms with van der Waals surface area (Å²) >= 11 is 0. The Balaban J connectivity index is 1.89. The highest BCUT2D eigenvalue weighted by Crippen LogP contribution is 2.30. The lowest BCUT2D eigenvalue weighted by Crippen LogP contribution is -2.24. The molecule has 0 aliphatic heterocycles. The molecule has 0 bridgehead atoms. The second-order valence-corrected chi connectivity index (χ2v) is 5.57. The number of benzene rings is 2. The van der Waals surface area contributed by atoms with Gasteiger partial charge >= 0.3 is 6.18 Å². The number of amides is 2. The predicted octanol–water partition coefficient (Wildman–Crippen LogP) is 3.58. The predicted molar refractivity (Wildman–Crippen MR) is 98.0 cm³/mol. The van der Waals surface area contributed by atoms with Gasteiger partial charge in [-0.3, -0.25) is 9.59 Å². The van der Waals surface area contributed by atoms with Gasteiger partial charge in [0.1, 0.15) is 12.2 Å². The molecule has 0 fully saturated rings. The van der Waals surface area contributed by atoms with Gasteiger partial charge in [0.2, 0.25) is 11.8 Å². The normalized spacial score (nSPS) is 11.3. The average molecular weight is 393 g/mol. The smallest absolute Gasteiger partial charge is 0.416 e. The number of para-hydroxylation sites is 1. The number of carbonyl (C=O) groups is 2. The third-order valence-electron chi connectivity index (χ3n) is 3.41. The first-order valence-corrected chi connectivity index (χ1v) is 8.30. The molecule has 0 saturated carbocycles. The van der Waals surface area contributed by atoms with Gasteiger partial charge in [-0.2, -0.15) is 18.3 Å². The molecule has 0 radical (unpaired) electrons. The summed E-state index contributed by atoms with van der Waals surface area (Å²) in [7, 11) is 0. The summed E-state index contributed by atoms with van der Waals surface area (Å²) in [6.07, 6.45) is -3.75. The van der Waals surface area contributed by atoms with Crippen molar-refractivity contribution in [2.75, 3.05) is 11.9 Å². The number of nitrogens with zero attached hydrogens (tertiary/aromatic N) is 1. The van der Waals surface area contributed by atoms with E-state index < -0.39 is 30.0 Å². The van der Waals surface area contributed by atoms with Crippen LogP contribution in [0.1, 0.15) is 24.5 Å². The molecule has 28 heavy (non-hydrogen) atoms. The lowest BCUT2D eigenvalue weighted by molar-refractivity contribution is -0.137. The molecule has 6 nitrogen and oxygen atoms in total. The number of rotatable bonds is 7. The summed E-state index contributed by atoms with van der Waals surface area (Å²) in [5.41, 5.74) is 1.87. The number of anilines is 1. The van der Waals surface area contributed by atoms with Gasteiger partial charge in [-0.15, -0.1) is 0 Å². The standard InChI is InChI=1S/C19H18F3N3O3/c1-2-28-16-9-4-3-6-13(16)12-23-25-18(27)11-17(26)24-15-8-5-7-14(10-15)19(20,21)22/h3-10,12H,2,11H2,1H3,(H,24,26)(H,25,27). The Labute approximate surface area is 159 Å². The van der Waals surface area contributed by atoms with Gasteiger partial charge < -0.3 is 10.1 Å². The zero-order valence-electron chi connectivity index (χ0n) is 14.9. The summed E-state index contributed by atoms with van der Waals surface area (Å²) in [6.45, 7) is 2.30. The molecule has 0 saturated heterocycles. The van der Waals surface area contributed by atoms with Gasteiger partial charge in [0.05, 0.1) is 18.4 Å². The molecule has 2 rings (SSSR count). The van der Waals surface area contributed by atoms with Crippen LogP contribution in [0.3, 0.4) is 0 Å². The molecule has 0 unspecified atom stereocenters. The summed E-state index contributed by atoms with van der Waals surface area (Å²) in [5, 5.41) is 6.01. The largest absolute Gasteiger partial charge is 0.493 e. The summed E-state index contributed by atoms with van der Waals surface area (Å²) in [4.78, 5) is 23.6. The van der Waals surface area contributed by atoms with Crippen LogP contribution in [-0.4, -0.2) is 24.6 Å². The maximum Gasteiger partial charge on any atom is 0.416 e. The number of hydrazone groups is 1. The van der Waals surface area contributed by atoms with Crippen molar-refractivity contribution in [1.29, 1.82) is 0 Å². The Bertz CT molecular complexity index is 867. The van der Waals surface area contributed by atoms with Crippen LogP contribution >= 0.6 is 0 Å². The minimum Gasteiger partial charge on any atom is -0.493 e. The number of hydrogen-bond donors (Lipinski definition) is 2. The SMILES string of the molecule is CCOc1ccccc1C=NNC(=O)CC(=O)Nc1cccc(C(F)(F)F)c1. The van der Waals surface area contributed by atoms with Crippen molar-refractivity contribution in [1.82, 2.24) is 5.43 Å². The van der Waals surface area contributed by atoms with Gasteiger partial charge in [0.15, 0.2) is 0 Å². The van der Waals surface area contributed by atoms with E-state index in [-0.39, 0.29) is 5.69 Å². The summed E-state index contributed by atoms with van der Waals surface area (Å²) < 4.78 is 43.4. The number of hydrogen-bond acceptors (Lipinski definition) is 4. The maximum absolute atomic E-state index is 12.7. The van der Waals surface area contributed by atoms with E-state index in [1.807, 2.05) is 6.92 Å². The second-order valence-electron chi connectivity index (χ2n) is 5.57. The molecule has 0 spiro atoms. The highest BCUT2D eigenvalue weighted by Gasteiger charge is 2.30. The lowest BCUT2D eigenvalue weighted by Gasteiger charge is -2.09. The molecular weight excluding hydrogens is 375 g/mol. The zero-order valence-corrected chi connectivity index (χ0v) is 14.9. The highest BCUT2D eigenvalue weighted by atomic mass is 19.4. The number of nitrogens with one attached hydrogen (secondary N) is 2. The van der Waals surface area contributed by atoms with Gasteiger partial charge in [0, 0.05) is 11.3 Å². The minimum absolute atomic E-state index is 0.0539. The summed E-state index contributed by atoms with van der Waals surface area (Å²) in [6, 6.07) is 11.2. The number of halogens is 3. The van der Waals surface area contributed by atoms with E-state index in [1.165, 1.54) is 18.3 Å². The van der Waals surface area contributed by atoms with Crippen molar-refractivity contribution < 1.29 is 27.5 Å². The van der Waals surface area contributed by atoms with E-state index in [0.29, 0.717) is 17.9 Å². The fraction of sp³-hybridized carbons (Fsp3) is 0.211. The third-order valence-corrected chi connectivity index (χ3v) is 3.41. The third kappa shape index (κ3) is 6.42. The fourth-order valence-electron chi connectivity index (χ4n) is 2.21. The molecule has 0 heterocycles. The lowest BCUT2D eigenvalue weighted by atomic mass is 10.2. The van der Waals surface area contributed by atoms with Crippen LogP contribution < -0.4 is 15.5 Å². The number of ether oxygens (including phenoxy) is 1. The molecule has 2 aromatic rings. The Morgan fingerprint density at radius 2 is 1.86 bits per heavy atom. The van der Waals surface area contributed by atoms with Crippen LogP contribution in [0.15, 0.2) is 53.6 Å². The van der Waals surface area contributed by atoms with E-state index in [4.69, 9.17) is 4.74 Å². The van der Waals surface area contributed by atoms with Gasteiger partial charge in [0.25, 0.3) is 0 Å². The van der Waals surface area contributed by atoms with Crippen LogP contribution in [0.5, 0.6) is 5.75 Å². The average Bonchev–Trinajstić information content (AvgIpc) is 2.62. The van der Waals surface area contributed by atoms with Crippen LogP contribution in [0, 0.1) is 0 Å². The minimum atomic E-state index is -4.52. The Morgan fingerprint density at radius 3 is 2.57 bits per heavy atom. The molecule has 0 aromatic heterocycles. The van der Waals surface area contributed by atoms with Gasteiger partial charge in [-0.1, -0.05) is 18.2 Å². The van der Waals surface area contributed by atoms with E-state index in [9.17, 15) is 22.8 Å². The van der Waals surface area contributed by atoms with Crippen LogP contribution in [0.4, 0.5) is 18.9 Å². The maximum atomic E-state index is 12.7. The molecule has 2 aromatic carbocycles.